The highest BCUT2D eigenvalue weighted by molar-refractivity contribution is 7.15. The smallest absolute Gasteiger partial charge is 0.355 e. The van der Waals surface area contributed by atoms with E-state index in [0.717, 1.165) is 0 Å². The van der Waals surface area contributed by atoms with Crippen LogP contribution in [0.25, 0.3) is 0 Å². The second kappa shape index (κ2) is 6.56. The molecule has 118 valence electrons. The molecule has 0 bridgehead atoms. The van der Waals surface area contributed by atoms with E-state index in [0.29, 0.717) is 50.6 Å². The number of hydrogen-bond acceptors (Lipinski definition) is 6. The van der Waals surface area contributed by atoms with E-state index in [1.165, 1.54) is 0 Å². The van der Waals surface area contributed by atoms with Crippen molar-refractivity contribution in [2.75, 3.05) is 44.2 Å². The number of alkyl halides is 3. The lowest BCUT2D eigenvalue weighted by Crippen LogP contribution is -2.49. The Morgan fingerprint density at radius 1 is 1.29 bits per heavy atom. The number of amides is 1. The van der Waals surface area contributed by atoms with E-state index in [2.05, 4.69) is 15.5 Å². The first-order valence-electron chi connectivity index (χ1n) is 6.55. The van der Waals surface area contributed by atoms with E-state index in [9.17, 15) is 18.0 Å². The highest BCUT2D eigenvalue weighted by Gasteiger charge is 2.36. The normalized spacial score (nSPS) is 17.0. The van der Waals surface area contributed by atoms with Gasteiger partial charge in [-0.3, -0.25) is 9.69 Å². The minimum absolute atomic E-state index is 0.0405. The highest BCUT2D eigenvalue weighted by atomic mass is 32.1. The summed E-state index contributed by atoms with van der Waals surface area (Å²) in [5.41, 5.74) is 0. The van der Waals surface area contributed by atoms with Crippen molar-refractivity contribution in [2.45, 2.75) is 13.1 Å². The van der Waals surface area contributed by atoms with Crippen molar-refractivity contribution in [3.63, 3.8) is 0 Å². The number of likely N-dealkylation sites (N-methyl/N-ethyl adjacent to an activating group) is 1. The SMILES string of the molecule is CCNC(=O)CN1CCN(c2nnc(C(F)(F)F)s2)CC1. The molecule has 0 atom stereocenters. The number of hydrogen-bond donors (Lipinski definition) is 1. The molecule has 2 rings (SSSR count). The summed E-state index contributed by atoms with van der Waals surface area (Å²) in [6, 6.07) is 0. The Bertz CT molecular complexity index is 484. The maximum absolute atomic E-state index is 12.5. The molecule has 1 amide bonds. The number of piperazine rings is 1. The molecule has 10 heteroatoms. The van der Waals surface area contributed by atoms with E-state index >= 15 is 0 Å². The van der Waals surface area contributed by atoms with Gasteiger partial charge in [-0.2, -0.15) is 13.2 Å². The van der Waals surface area contributed by atoms with Crippen LogP contribution < -0.4 is 10.2 Å². The third-order valence-electron chi connectivity index (χ3n) is 3.04. The zero-order valence-electron chi connectivity index (χ0n) is 11.5. The van der Waals surface area contributed by atoms with Crippen LogP contribution >= 0.6 is 11.3 Å². The molecular formula is C11H16F3N5OS. The predicted molar refractivity (Wildman–Crippen MR) is 72.2 cm³/mol. The van der Waals surface area contributed by atoms with Gasteiger partial charge >= 0.3 is 6.18 Å². The molecule has 0 aromatic carbocycles. The number of halogens is 3. The number of aromatic nitrogens is 2. The van der Waals surface area contributed by atoms with Gasteiger partial charge in [-0.25, -0.2) is 0 Å². The topological polar surface area (TPSA) is 61.4 Å². The van der Waals surface area contributed by atoms with Crippen LogP contribution in [-0.2, 0) is 11.0 Å². The van der Waals surface area contributed by atoms with Crippen molar-refractivity contribution in [3.8, 4) is 0 Å². The molecule has 0 radical (unpaired) electrons. The third kappa shape index (κ3) is 4.27. The summed E-state index contributed by atoms with van der Waals surface area (Å²) < 4.78 is 37.4. The van der Waals surface area contributed by atoms with E-state index in [4.69, 9.17) is 0 Å². The number of carbonyl (C=O) groups excluding carboxylic acids is 1. The van der Waals surface area contributed by atoms with Gasteiger partial charge in [-0.15, -0.1) is 10.2 Å². The van der Waals surface area contributed by atoms with Crippen LogP contribution in [0.4, 0.5) is 18.3 Å². The van der Waals surface area contributed by atoms with Gasteiger partial charge in [0.25, 0.3) is 0 Å². The first-order valence-corrected chi connectivity index (χ1v) is 7.36. The first-order chi connectivity index (χ1) is 9.90. The Kier molecular flexibility index (Phi) is 4.99. The highest BCUT2D eigenvalue weighted by Crippen LogP contribution is 2.34. The number of rotatable bonds is 4. The summed E-state index contributed by atoms with van der Waals surface area (Å²) in [5.74, 6) is -0.0405. The monoisotopic (exact) mass is 323 g/mol. The summed E-state index contributed by atoms with van der Waals surface area (Å²) in [6.45, 7) is 5.03. The van der Waals surface area contributed by atoms with Crippen LogP contribution in [0.5, 0.6) is 0 Å². The lowest BCUT2D eigenvalue weighted by Gasteiger charge is -2.33. The molecule has 1 aromatic heterocycles. The molecule has 1 saturated heterocycles. The molecule has 21 heavy (non-hydrogen) atoms. The average Bonchev–Trinajstić information content (AvgIpc) is 2.89. The summed E-state index contributed by atoms with van der Waals surface area (Å²) in [5, 5.41) is 8.84. The quantitative estimate of drug-likeness (QED) is 0.889. The fourth-order valence-corrected chi connectivity index (χ4v) is 2.77. The van der Waals surface area contributed by atoms with Gasteiger partial charge in [0, 0.05) is 32.7 Å². The van der Waals surface area contributed by atoms with Crippen LogP contribution in [0, 0.1) is 0 Å². The predicted octanol–water partition coefficient (Wildman–Crippen LogP) is 0.815. The first kappa shape index (κ1) is 16.0. The molecule has 2 heterocycles. The second-order valence-corrected chi connectivity index (χ2v) is 5.56. The number of carbonyl (C=O) groups is 1. The van der Waals surface area contributed by atoms with Gasteiger partial charge in [-0.05, 0) is 6.92 Å². The molecule has 0 spiro atoms. The Labute approximate surface area is 123 Å². The van der Waals surface area contributed by atoms with Gasteiger partial charge < -0.3 is 10.2 Å². The molecule has 0 unspecified atom stereocenters. The van der Waals surface area contributed by atoms with Crippen LogP contribution in [0.15, 0.2) is 0 Å². The Morgan fingerprint density at radius 3 is 2.48 bits per heavy atom. The summed E-state index contributed by atoms with van der Waals surface area (Å²) >= 11 is 0.551. The van der Waals surface area contributed by atoms with Gasteiger partial charge in [0.2, 0.25) is 16.0 Å². The number of nitrogens with zero attached hydrogens (tertiary/aromatic N) is 4. The van der Waals surface area contributed by atoms with E-state index in [1.54, 1.807) is 4.90 Å². The maximum Gasteiger partial charge on any atom is 0.445 e. The van der Waals surface area contributed by atoms with Crippen LogP contribution in [0.1, 0.15) is 11.9 Å². The number of anilines is 1. The minimum Gasteiger partial charge on any atom is -0.355 e. The summed E-state index contributed by atoms with van der Waals surface area (Å²) in [6.07, 6.45) is -4.45. The molecule has 1 fully saturated rings. The van der Waals surface area contributed by atoms with Gasteiger partial charge in [0.15, 0.2) is 0 Å². The standard InChI is InChI=1S/C11H16F3N5OS/c1-2-15-8(20)7-18-3-5-19(6-4-18)10-17-16-9(21-10)11(12,13)14/h2-7H2,1H3,(H,15,20). The Morgan fingerprint density at radius 2 is 1.95 bits per heavy atom. The molecule has 1 N–H and O–H groups in total. The van der Waals surface area contributed by atoms with Crippen molar-refractivity contribution < 1.29 is 18.0 Å². The molecular weight excluding hydrogens is 307 g/mol. The largest absolute Gasteiger partial charge is 0.445 e. The maximum atomic E-state index is 12.5. The molecule has 1 aliphatic heterocycles. The van der Waals surface area contributed by atoms with Crippen molar-refractivity contribution in [1.82, 2.24) is 20.4 Å². The van der Waals surface area contributed by atoms with E-state index in [-0.39, 0.29) is 11.0 Å². The van der Waals surface area contributed by atoms with Crippen LogP contribution in [-0.4, -0.2) is 60.3 Å². The average molecular weight is 323 g/mol. The van der Waals surface area contributed by atoms with Gasteiger partial charge in [-0.1, -0.05) is 11.3 Å². The lowest BCUT2D eigenvalue weighted by molar-refractivity contribution is -0.138. The van der Waals surface area contributed by atoms with Crippen molar-refractivity contribution in [3.05, 3.63) is 5.01 Å². The minimum atomic E-state index is -4.45. The second-order valence-electron chi connectivity index (χ2n) is 4.60. The molecule has 1 aromatic rings. The Hall–Kier alpha value is -1.42. The van der Waals surface area contributed by atoms with Gasteiger partial charge in [0.1, 0.15) is 0 Å². The zero-order valence-corrected chi connectivity index (χ0v) is 12.3. The van der Waals surface area contributed by atoms with E-state index < -0.39 is 11.2 Å². The fraction of sp³-hybridized carbons (Fsp3) is 0.727. The third-order valence-corrected chi connectivity index (χ3v) is 4.07. The molecule has 0 aliphatic carbocycles. The summed E-state index contributed by atoms with van der Waals surface area (Å²) in [4.78, 5) is 15.2. The fourth-order valence-electron chi connectivity index (χ4n) is 2.01. The zero-order chi connectivity index (χ0) is 15.5. The van der Waals surface area contributed by atoms with Crippen molar-refractivity contribution in [1.29, 1.82) is 0 Å². The molecule has 0 saturated carbocycles. The van der Waals surface area contributed by atoms with Gasteiger partial charge in [0.05, 0.1) is 6.54 Å². The van der Waals surface area contributed by atoms with E-state index in [1.807, 2.05) is 11.8 Å². The summed E-state index contributed by atoms with van der Waals surface area (Å²) in [7, 11) is 0. The number of nitrogens with one attached hydrogen (secondary N) is 1. The molecule has 6 nitrogen and oxygen atoms in total. The Balaban J connectivity index is 1.86. The van der Waals surface area contributed by atoms with Crippen molar-refractivity contribution >= 4 is 22.4 Å². The molecule has 1 aliphatic rings. The van der Waals surface area contributed by atoms with Crippen molar-refractivity contribution in [2.24, 2.45) is 0 Å². The van der Waals surface area contributed by atoms with Crippen LogP contribution in [0.2, 0.25) is 0 Å². The lowest BCUT2D eigenvalue weighted by atomic mass is 10.3. The van der Waals surface area contributed by atoms with Crippen LogP contribution in [0.3, 0.4) is 0 Å².